The van der Waals surface area contributed by atoms with E-state index in [4.69, 9.17) is 10.8 Å². The average molecular weight is 269 g/mol. The Kier molecular flexibility index (Phi) is 3.66. The molecule has 0 fully saturated rings. The van der Waals surface area contributed by atoms with Crippen LogP contribution in [0.4, 0.5) is 14.5 Å². The number of benzene rings is 1. The van der Waals surface area contributed by atoms with Crippen molar-refractivity contribution in [3.63, 3.8) is 0 Å². The third kappa shape index (κ3) is 2.82. The van der Waals surface area contributed by atoms with Gasteiger partial charge in [0.2, 0.25) is 0 Å². The maximum Gasteiger partial charge on any atom is 0.265 e. The van der Waals surface area contributed by atoms with E-state index in [0.717, 1.165) is 0 Å². The summed E-state index contributed by atoms with van der Waals surface area (Å²) in [6, 6.07) is 4.97. The molecule has 5 N–H and O–H groups in total. The summed E-state index contributed by atoms with van der Waals surface area (Å²) in [6.07, 6.45) is -3.29. The second kappa shape index (κ2) is 5.23. The van der Waals surface area contributed by atoms with Gasteiger partial charge in [-0.1, -0.05) is 0 Å². The molecule has 0 spiro atoms. The van der Waals surface area contributed by atoms with Crippen molar-refractivity contribution in [2.45, 2.75) is 12.5 Å². The van der Waals surface area contributed by atoms with Crippen LogP contribution >= 0.6 is 0 Å². The summed E-state index contributed by atoms with van der Waals surface area (Å²) in [5.74, 6) is -0.532. The van der Waals surface area contributed by atoms with E-state index in [1.165, 1.54) is 6.20 Å². The van der Waals surface area contributed by atoms with Gasteiger partial charge in [0.25, 0.3) is 12.3 Å². The van der Waals surface area contributed by atoms with Crippen LogP contribution in [0.3, 0.4) is 0 Å². The average Bonchev–Trinajstić information content (AvgIpc) is 2.78. The highest BCUT2D eigenvalue weighted by Crippen LogP contribution is 2.20. The van der Waals surface area contributed by atoms with Gasteiger partial charge < -0.3 is 21.1 Å². The van der Waals surface area contributed by atoms with Crippen molar-refractivity contribution in [2.24, 2.45) is 0 Å². The Morgan fingerprint density at radius 3 is 2.89 bits per heavy atom. The third-order valence-electron chi connectivity index (χ3n) is 2.71. The van der Waals surface area contributed by atoms with Crippen LogP contribution in [0.5, 0.6) is 0 Å². The lowest BCUT2D eigenvalue weighted by Crippen LogP contribution is -2.35. The van der Waals surface area contributed by atoms with Crippen LogP contribution in [0.1, 0.15) is 10.4 Å². The third-order valence-corrected chi connectivity index (χ3v) is 2.71. The van der Waals surface area contributed by atoms with Crippen molar-refractivity contribution in [2.75, 3.05) is 12.3 Å². The Morgan fingerprint density at radius 2 is 2.21 bits per heavy atom. The van der Waals surface area contributed by atoms with Gasteiger partial charge in [-0.3, -0.25) is 4.79 Å². The number of carbonyl (C=O) groups excluding carboxylic acids is 1. The smallest absolute Gasteiger partial charge is 0.265 e. The van der Waals surface area contributed by atoms with E-state index in [9.17, 15) is 13.6 Å². The molecule has 2 rings (SSSR count). The maximum absolute atomic E-state index is 12.1. The summed E-state index contributed by atoms with van der Waals surface area (Å²) in [5, 5.41) is 11.8. The predicted molar refractivity (Wildman–Crippen MR) is 67.1 cm³/mol. The zero-order valence-electron chi connectivity index (χ0n) is 9.86. The van der Waals surface area contributed by atoms with Gasteiger partial charge in [0.15, 0.2) is 0 Å². The monoisotopic (exact) mass is 269 g/mol. The number of fused-ring (bicyclic) bond motifs is 1. The number of hydrogen-bond acceptors (Lipinski definition) is 3. The number of amides is 1. The van der Waals surface area contributed by atoms with Gasteiger partial charge in [0.1, 0.15) is 6.10 Å². The van der Waals surface area contributed by atoms with Crippen molar-refractivity contribution in [1.82, 2.24) is 10.3 Å². The Labute approximate surface area is 107 Å². The van der Waals surface area contributed by atoms with Crippen molar-refractivity contribution in [3.8, 4) is 0 Å². The molecule has 0 aliphatic heterocycles. The number of H-pyrrole nitrogens is 1. The highest BCUT2D eigenvalue weighted by molar-refractivity contribution is 6.07. The fourth-order valence-corrected chi connectivity index (χ4v) is 1.71. The number of nitrogen functional groups attached to an aromatic ring is 1. The Hall–Kier alpha value is -2.15. The van der Waals surface area contributed by atoms with Gasteiger partial charge in [-0.2, -0.15) is 0 Å². The van der Waals surface area contributed by atoms with E-state index >= 15 is 0 Å². The van der Waals surface area contributed by atoms with Gasteiger partial charge in [0, 0.05) is 29.3 Å². The predicted octanol–water partition coefficient (Wildman–Crippen LogP) is 1.11. The topological polar surface area (TPSA) is 91.1 Å². The van der Waals surface area contributed by atoms with Gasteiger partial charge in [0.05, 0.1) is 5.56 Å². The number of nitrogens with one attached hydrogen (secondary N) is 2. The minimum absolute atomic E-state index is 0.316. The molecule has 0 aliphatic rings. The first kappa shape index (κ1) is 13.3. The summed E-state index contributed by atoms with van der Waals surface area (Å²) < 4.78 is 24.2. The summed E-state index contributed by atoms with van der Waals surface area (Å²) in [6.45, 7) is -0.502. The van der Waals surface area contributed by atoms with Gasteiger partial charge in [-0.15, -0.1) is 0 Å². The fourth-order valence-electron chi connectivity index (χ4n) is 1.71. The molecule has 0 radical (unpaired) electrons. The molecule has 0 saturated heterocycles. The number of hydrogen-bond donors (Lipinski definition) is 4. The number of nitrogens with two attached hydrogens (primary N) is 1. The molecular weight excluding hydrogens is 256 g/mol. The zero-order valence-corrected chi connectivity index (χ0v) is 9.86. The fraction of sp³-hybridized carbons (Fsp3) is 0.250. The van der Waals surface area contributed by atoms with Gasteiger partial charge >= 0.3 is 0 Å². The quantitative estimate of drug-likeness (QED) is 0.626. The van der Waals surface area contributed by atoms with E-state index in [0.29, 0.717) is 22.2 Å². The first-order chi connectivity index (χ1) is 8.99. The Morgan fingerprint density at radius 1 is 1.47 bits per heavy atom. The number of aliphatic hydroxyl groups is 1. The van der Waals surface area contributed by atoms with Crippen LogP contribution in [0, 0.1) is 0 Å². The molecule has 7 heteroatoms. The van der Waals surface area contributed by atoms with Gasteiger partial charge in [-0.05, 0) is 18.2 Å². The second-order valence-corrected chi connectivity index (χ2v) is 4.12. The number of halogens is 2. The molecular formula is C12H13F2N3O2. The van der Waals surface area contributed by atoms with Crippen LogP contribution in [0.2, 0.25) is 0 Å². The van der Waals surface area contributed by atoms with Crippen LogP contribution in [-0.2, 0) is 0 Å². The molecule has 0 aliphatic carbocycles. The summed E-state index contributed by atoms with van der Waals surface area (Å²) >= 11 is 0. The molecule has 1 heterocycles. The largest absolute Gasteiger partial charge is 0.399 e. The van der Waals surface area contributed by atoms with Crippen molar-refractivity contribution >= 4 is 22.5 Å². The number of aromatic amines is 1. The number of alkyl halides is 2. The molecule has 1 atom stereocenters. The van der Waals surface area contributed by atoms with E-state index in [1.807, 2.05) is 0 Å². The number of aliphatic hydroxyl groups excluding tert-OH is 1. The maximum atomic E-state index is 12.1. The molecule has 19 heavy (non-hydrogen) atoms. The zero-order chi connectivity index (χ0) is 14.0. The standard InChI is InChI=1S/C12H13F2N3O2/c13-11(14)10(18)5-17-12(19)8-4-16-9-3-6(15)1-2-7(8)9/h1-4,10-11,16,18H,5,15H2,(H,17,19). The van der Waals surface area contributed by atoms with Crippen LogP contribution < -0.4 is 11.1 Å². The first-order valence-electron chi connectivity index (χ1n) is 5.60. The molecule has 2 aromatic rings. The van der Waals surface area contributed by atoms with Crippen LogP contribution in [-0.4, -0.2) is 35.1 Å². The van der Waals surface area contributed by atoms with Crippen molar-refractivity contribution in [3.05, 3.63) is 30.0 Å². The van der Waals surface area contributed by atoms with Crippen LogP contribution in [0.25, 0.3) is 10.9 Å². The number of carbonyl (C=O) groups is 1. The SMILES string of the molecule is Nc1ccc2c(C(=O)NCC(O)C(F)F)c[nH]c2c1. The lowest BCUT2D eigenvalue weighted by molar-refractivity contribution is -0.00269. The molecule has 0 bridgehead atoms. The molecule has 5 nitrogen and oxygen atoms in total. The lowest BCUT2D eigenvalue weighted by atomic mass is 10.1. The summed E-state index contributed by atoms with van der Waals surface area (Å²) in [5.41, 5.74) is 7.15. The second-order valence-electron chi connectivity index (χ2n) is 4.12. The number of anilines is 1. The number of aromatic nitrogens is 1. The van der Waals surface area contributed by atoms with Gasteiger partial charge in [-0.25, -0.2) is 8.78 Å². The van der Waals surface area contributed by atoms with Crippen molar-refractivity contribution in [1.29, 1.82) is 0 Å². The van der Waals surface area contributed by atoms with Crippen LogP contribution in [0.15, 0.2) is 24.4 Å². The molecule has 1 aromatic heterocycles. The first-order valence-corrected chi connectivity index (χ1v) is 5.60. The van der Waals surface area contributed by atoms with E-state index in [2.05, 4.69) is 10.3 Å². The molecule has 1 aromatic carbocycles. The summed E-state index contributed by atoms with van der Waals surface area (Å²) in [7, 11) is 0. The van der Waals surface area contributed by atoms with E-state index < -0.39 is 25.0 Å². The molecule has 102 valence electrons. The minimum Gasteiger partial charge on any atom is -0.399 e. The number of rotatable bonds is 4. The molecule has 1 amide bonds. The normalized spacial score (nSPS) is 12.8. The molecule has 1 unspecified atom stereocenters. The summed E-state index contributed by atoms with van der Waals surface area (Å²) in [4.78, 5) is 14.7. The lowest BCUT2D eigenvalue weighted by Gasteiger charge is -2.10. The highest BCUT2D eigenvalue weighted by Gasteiger charge is 2.19. The molecule has 0 saturated carbocycles. The van der Waals surface area contributed by atoms with E-state index in [1.54, 1.807) is 18.2 Å². The van der Waals surface area contributed by atoms with Crippen molar-refractivity contribution < 1.29 is 18.7 Å². The highest BCUT2D eigenvalue weighted by atomic mass is 19.3. The Balaban J connectivity index is 2.14. The minimum atomic E-state index is -2.89. The van der Waals surface area contributed by atoms with E-state index in [-0.39, 0.29) is 0 Å². The Bertz CT molecular complexity index is 598.